The number of ether oxygens (including phenoxy) is 1. The van der Waals surface area contributed by atoms with Crippen LogP contribution in [0.1, 0.15) is 0 Å². The van der Waals surface area contributed by atoms with Gasteiger partial charge < -0.3 is 4.74 Å². The summed E-state index contributed by atoms with van der Waals surface area (Å²) in [6, 6.07) is 0.154. The lowest BCUT2D eigenvalue weighted by atomic mass is 11.0. The van der Waals surface area contributed by atoms with Crippen LogP contribution in [0.2, 0.25) is 0 Å². The zero-order valence-corrected chi connectivity index (χ0v) is 8.90. The third-order valence-electron chi connectivity index (χ3n) is 1.33. The minimum Gasteiger partial charge on any atom is -0.413 e. The molecule has 1 atom stereocenters. The molecular weight excluding hydrogens is 222 g/mol. The summed E-state index contributed by atoms with van der Waals surface area (Å²) in [7, 11) is 3.02. The molecule has 0 bridgehead atoms. The van der Waals surface area contributed by atoms with Crippen molar-refractivity contribution in [1.82, 2.24) is 4.67 Å². The van der Waals surface area contributed by atoms with E-state index in [1.807, 2.05) is 0 Å². The molecule has 1 rings (SSSR count). The Hall–Kier alpha value is -0.180. The highest BCUT2D eigenvalue weighted by Gasteiger charge is 2.32. The molecule has 0 amide bonds. The fourth-order valence-electron chi connectivity index (χ4n) is 0.698. The molecule has 0 aliphatic carbocycles. The number of nitrogens with zero attached hydrogens (tertiary/aromatic N) is 2. The summed E-state index contributed by atoms with van der Waals surface area (Å²) in [5.41, 5.74) is 0. The summed E-state index contributed by atoms with van der Waals surface area (Å²) in [6.07, 6.45) is 0. The lowest BCUT2D eigenvalue weighted by Gasteiger charge is -2.26. The molecule has 0 radical (unpaired) electrons. The Labute approximate surface area is 80.0 Å². The maximum absolute atomic E-state index is 11.5. The van der Waals surface area contributed by atoms with Crippen LogP contribution in [0.5, 0.6) is 0 Å². The van der Waals surface area contributed by atoms with Gasteiger partial charge in [-0.05, 0) is 22.8 Å². The Morgan fingerprint density at radius 3 is 2.83 bits per heavy atom. The van der Waals surface area contributed by atoms with E-state index < -0.39 is 6.65 Å². The summed E-state index contributed by atoms with van der Waals surface area (Å²) < 4.78 is 17.7. The van der Waals surface area contributed by atoms with Crippen LogP contribution in [-0.4, -0.2) is 24.8 Å². The predicted octanol–water partition coefficient (Wildman–Crippen LogP) is 2.40. The summed E-state index contributed by atoms with van der Waals surface area (Å²) in [4.78, 5) is 3.71. The smallest absolute Gasteiger partial charge is 0.299 e. The van der Waals surface area contributed by atoms with Crippen molar-refractivity contribution < 1.29 is 9.30 Å². The van der Waals surface area contributed by atoms with Gasteiger partial charge in [0, 0.05) is 14.1 Å². The van der Waals surface area contributed by atoms with Crippen molar-refractivity contribution >= 4 is 35.5 Å². The van der Waals surface area contributed by atoms with E-state index in [-0.39, 0.29) is 11.2 Å². The number of aliphatic imine (C=N–C) groups is 1. The van der Waals surface area contributed by atoms with E-state index in [4.69, 9.17) is 27.6 Å². The second kappa shape index (κ2) is 3.29. The average Bonchev–Trinajstić information content (AvgIpc) is 1.96. The van der Waals surface area contributed by atoms with Crippen molar-refractivity contribution in [1.29, 1.82) is 0 Å². The topological polar surface area (TPSA) is 41.9 Å². The molecule has 4 nitrogen and oxygen atoms in total. The molecule has 1 aliphatic heterocycles. The Kier molecular flexibility index (Phi) is 2.71. The van der Waals surface area contributed by atoms with Gasteiger partial charge >= 0.3 is 0 Å². The maximum atomic E-state index is 11.5. The van der Waals surface area contributed by atoms with Crippen LogP contribution >= 0.6 is 29.5 Å². The zero-order valence-electron chi connectivity index (χ0n) is 6.49. The molecule has 0 saturated heterocycles. The van der Waals surface area contributed by atoms with Crippen LogP contribution in [0.4, 0.5) is 0 Å². The number of hydrogen-bond acceptors (Lipinski definition) is 3. The first-order valence-electron chi connectivity index (χ1n) is 3.04. The van der Waals surface area contributed by atoms with Crippen LogP contribution in [0.15, 0.2) is 16.0 Å². The van der Waals surface area contributed by atoms with Crippen molar-refractivity contribution in [3.05, 3.63) is 11.0 Å². The normalized spacial score (nSPS) is 33.2. The molecule has 0 aromatic carbocycles. The minimum absolute atomic E-state index is 0.00738. The number of hydrogen-bond donors (Lipinski definition) is 0. The van der Waals surface area contributed by atoms with Gasteiger partial charge in [0.15, 0.2) is 0 Å². The first kappa shape index (κ1) is 9.90. The first-order valence-corrected chi connectivity index (χ1v) is 6.05. The Bertz CT molecular complexity index is 302. The van der Waals surface area contributed by atoms with Gasteiger partial charge in [-0.2, -0.15) is 0 Å². The maximum Gasteiger partial charge on any atom is 0.299 e. The van der Waals surface area contributed by atoms with Crippen LogP contribution in [0, 0.1) is 0 Å². The van der Waals surface area contributed by atoms with Crippen molar-refractivity contribution in [2.45, 2.75) is 0 Å². The van der Waals surface area contributed by atoms with Crippen LogP contribution in [-0.2, 0) is 9.30 Å². The van der Waals surface area contributed by atoms with Crippen LogP contribution < -0.4 is 0 Å². The van der Waals surface area contributed by atoms with Gasteiger partial charge in [0.1, 0.15) is 0 Å². The third kappa shape index (κ3) is 1.76. The SMILES string of the molecule is CN=C1OC(Cl)=CP(=O)(Cl)N1C. The van der Waals surface area contributed by atoms with Crippen molar-refractivity contribution in [3.8, 4) is 0 Å². The lowest BCUT2D eigenvalue weighted by molar-refractivity contribution is 0.385. The van der Waals surface area contributed by atoms with Gasteiger partial charge in [-0.1, -0.05) is 0 Å². The van der Waals surface area contributed by atoms with Gasteiger partial charge in [0.2, 0.25) is 5.22 Å². The molecule has 12 heavy (non-hydrogen) atoms. The van der Waals surface area contributed by atoms with Gasteiger partial charge in [0.25, 0.3) is 12.7 Å². The fourth-order valence-corrected chi connectivity index (χ4v) is 2.61. The highest BCUT2D eigenvalue weighted by atomic mass is 35.7. The fraction of sp³-hybridized carbons (Fsp3) is 0.400. The van der Waals surface area contributed by atoms with E-state index >= 15 is 0 Å². The van der Waals surface area contributed by atoms with Gasteiger partial charge in [-0.3, -0.25) is 9.24 Å². The molecule has 68 valence electrons. The van der Waals surface area contributed by atoms with Gasteiger partial charge in [0.05, 0.1) is 5.82 Å². The molecule has 1 aliphatic rings. The number of halogens is 2. The third-order valence-corrected chi connectivity index (χ3v) is 4.18. The highest BCUT2D eigenvalue weighted by Crippen LogP contribution is 2.58. The molecule has 0 spiro atoms. The molecule has 0 aromatic heterocycles. The number of amidine groups is 1. The van der Waals surface area contributed by atoms with E-state index in [2.05, 4.69) is 4.99 Å². The quantitative estimate of drug-likeness (QED) is 0.599. The summed E-state index contributed by atoms with van der Waals surface area (Å²) >= 11 is 11.2. The van der Waals surface area contributed by atoms with E-state index in [0.29, 0.717) is 0 Å². The van der Waals surface area contributed by atoms with Crippen molar-refractivity contribution in [3.63, 3.8) is 0 Å². The van der Waals surface area contributed by atoms with Crippen molar-refractivity contribution in [2.24, 2.45) is 4.99 Å². The summed E-state index contributed by atoms with van der Waals surface area (Å²) in [5.74, 6) is 1.17. The molecular formula is C5H7Cl2N2O2P. The monoisotopic (exact) mass is 228 g/mol. The van der Waals surface area contributed by atoms with Gasteiger partial charge in [-0.15, -0.1) is 0 Å². The summed E-state index contributed by atoms with van der Waals surface area (Å²) in [6.45, 7) is -3.05. The van der Waals surface area contributed by atoms with E-state index in [1.54, 1.807) is 0 Å². The van der Waals surface area contributed by atoms with Gasteiger partial charge in [-0.25, -0.2) is 4.99 Å². The Morgan fingerprint density at radius 2 is 2.33 bits per heavy atom. The minimum atomic E-state index is -3.05. The molecule has 1 heterocycles. The summed E-state index contributed by atoms with van der Waals surface area (Å²) in [5, 5.41) is -0.00738. The van der Waals surface area contributed by atoms with Crippen LogP contribution in [0.3, 0.4) is 0 Å². The first-order chi connectivity index (χ1) is 5.47. The standard InChI is InChI=1S/C5H7Cl2N2O2P/c1-8-5-9(2)12(7,10)3-4(6)11-5/h3H,1-2H3. The highest BCUT2D eigenvalue weighted by molar-refractivity contribution is 7.90. The average molecular weight is 229 g/mol. The Morgan fingerprint density at radius 1 is 1.75 bits per heavy atom. The zero-order chi connectivity index (χ0) is 9.35. The largest absolute Gasteiger partial charge is 0.413 e. The number of rotatable bonds is 0. The van der Waals surface area contributed by atoms with E-state index in [9.17, 15) is 4.57 Å². The second-order valence-corrected chi connectivity index (χ2v) is 5.88. The molecule has 0 aromatic rings. The predicted molar refractivity (Wildman–Crippen MR) is 49.6 cm³/mol. The second-order valence-electron chi connectivity index (χ2n) is 2.11. The van der Waals surface area contributed by atoms with Crippen molar-refractivity contribution in [2.75, 3.05) is 14.1 Å². The van der Waals surface area contributed by atoms with E-state index in [1.165, 1.54) is 24.6 Å². The molecule has 1 unspecified atom stereocenters. The molecule has 0 fully saturated rings. The Balaban J connectivity index is 3.11. The van der Waals surface area contributed by atoms with E-state index in [0.717, 1.165) is 0 Å². The molecule has 0 N–H and O–H groups in total. The van der Waals surface area contributed by atoms with Crippen LogP contribution in [0.25, 0.3) is 0 Å². The molecule has 0 saturated carbocycles. The lowest BCUT2D eigenvalue weighted by Crippen LogP contribution is -2.26. The molecule has 7 heteroatoms.